The number of carbonyl (C=O) groups excluding carboxylic acids is 1. The van der Waals surface area contributed by atoms with E-state index in [0.29, 0.717) is 40.9 Å². The van der Waals surface area contributed by atoms with Crippen LogP contribution in [-0.2, 0) is 9.53 Å². The van der Waals surface area contributed by atoms with E-state index in [4.69, 9.17) is 28.4 Å². The molecule has 2 aromatic carbocycles. The Labute approximate surface area is 181 Å². The Morgan fingerprint density at radius 2 is 1.58 bits per heavy atom. The molecular formula is C23H25NO7. The lowest BCUT2D eigenvalue weighted by molar-refractivity contribution is -0.129. The van der Waals surface area contributed by atoms with Crippen LogP contribution in [0.3, 0.4) is 0 Å². The summed E-state index contributed by atoms with van der Waals surface area (Å²) in [7, 11) is 6.11. The average molecular weight is 427 g/mol. The highest BCUT2D eigenvalue weighted by Gasteiger charge is 2.26. The van der Waals surface area contributed by atoms with Crippen LogP contribution < -0.4 is 23.7 Å². The van der Waals surface area contributed by atoms with Gasteiger partial charge in [0.25, 0.3) is 0 Å². The fourth-order valence-electron chi connectivity index (χ4n) is 3.00. The molecule has 0 radical (unpaired) electrons. The summed E-state index contributed by atoms with van der Waals surface area (Å²) in [6.45, 7) is 2.58. The lowest BCUT2D eigenvalue weighted by atomic mass is 10.1. The normalized spacial score (nSPS) is 14.2. The van der Waals surface area contributed by atoms with Crippen LogP contribution in [0.15, 0.2) is 41.0 Å². The maximum Gasteiger partial charge on any atom is 0.363 e. The topological polar surface area (TPSA) is 84.8 Å². The first kappa shape index (κ1) is 22.0. The van der Waals surface area contributed by atoms with E-state index in [1.807, 2.05) is 13.0 Å². The second-order valence-corrected chi connectivity index (χ2v) is 6.51. The summed E-state index contributed by atoms with van der Waals surface area (Å²) in [5, 5.41) is 0. The number of benzene rings is 2. The van der Waals surface area contributed by atoms with Gasteiger partial charge in [0.1, 0.15) is 0 Å². The molecule has 0 aromatic heterocycles. The highest BCUT2D eigenvalue weighted by molar-refractivity contribution is 6.13. The molecule has 0 amide bonds. The Hall–Kier alpha value is -3.68. The predicted octanol–water partition coefficient (Wildman–Crippen LogP) is 3.85. The fourth-order valence-corrected chi connectivity index (χ4v) is 3.00. The number of aliphatic imine (C=N–C) groups is 1. The number of carbonyl (C=O) groups is 1. The number of cyclic esters (lactones) is 1. The number of hydrogen-bond donors (Lipinski definition) is 0. The molecule has 0 N–H and O–H groups in total. The lowest BCUT2D eigenvalue weighted by Gasteiger charge is -2.13. The number of methoxy groups -OCH3 is 4. The van der Waals surface area contributed by atoms with Gasteiger partial charge in [-0.15, -0.1) is 0 Å². The van der Waals surface area contributed by atoms with Crippen molar-refractivity contribution < 1.29 is 33.2 Å². The van der Waals surface area contributed by atoms with Crippen molar-refractivity contribution in [2.24, 2.45) is 4.99 Å². The van der Waals surface area contributed by atoms with Gasteiger partial charge in [-0.2, -0.15) is 0 Å². The van der Waals surface area contributed by atoms with Crippen LogP contribution in [0.5, 0.6) is 28.7 Å². The monoisotopic (exact) mass is 427 g/mol. The van der Waals surface area contributed by atoms with E-state index in [-0.39, 0.29) is 11.6 Å². The number of ether oxygens (including phenoxy) is 6. The van der Waals surface area contributed by atoms with E-state index in [1.165, 1.54) is 21.3 Å². The number of hydrogen-bond acceptors (Lipinski definition) is 8. The van der Waals surface area contributed by atoms with Gasteiger partial charge in [-0.3, -0.25) is 0 Å². The van der Waals surface area contributed by atoms with Crippen molar-refractivity contribution in [3.05, 3.63) is 47.2 Å². The van der Waals surface area contributed by atoms with Gasteiger partial charge >= 0.3 is 5.97 Å². The zero-order valence-corrected chi connectivity index (χ0v) is 18.2. The molecule has 0 unspecified atom stereocenters. The molecule has 0 spiro atoms. The van der Waals surface area contributed by atoms with Gasteiger partial charge in [-0.1, -0.05) is 13.0 Å². The van der Waals surface area contributed by atoms with E-state index >= 15 is 0 Å². The number of rotatable bonds is 9. The van der Waals surface area contributed by atoms with Crippen molar-refractivity contribution in [1.29, 1.82) is 0 Å². The molecule has 8 nitrogen and oxygen atoms in total. The first-order valence-electron chi connectivity index (χ1n) is 9.68. The van der Waals surface area contributed by atoms with Crippen molar-refractivity contribution in [2.75, 3.05) is 35.0 Å². The van der Waals surface area contributed by atoms with Crippen molar-refractivity contribution in [1.82, 2.24) is 0 Å². The smallest absolute Gasteiger partial charge is 0.363 e. The summed E-state index contributed by atoms with van der Waals surface area (Å²) in [6.07, 6.45) is 2.49. The van der Waals surface area contributed by atoms with E-state index in [0.717, 1.165) is 12.0 Å². The minimum absolute atomic E-state index is 0.145. The summed E-state index contributed by atoms with van der Waals surface area (Å²) < 4.78 is 32.5. The van der Waals surface area contributed by atoms with Crippen LogP contribution in [0.2, 0.25) is 0 Å². The minimum Gasteiger partial charge on any atom is -0.493 e. The number of nitrogens with zero attached hydrogens (tertiary/aromatic N) is 1. The highest BCUT2D eigenvalue weighted by Crippen LogP contribution is 2.39. The average Bonchev–Trinajstić information content (AvgIpc) is 3.16. The molecule has 0 aliphatic carbocycles. The number of esters is 1. The molecule has 1 aliphatic rings. The summed E-state index contributed by atoms with van der Waals surface area (Å²) in [6, 6.07) is 8.72. The summed E-state index contributed by atoms with van der Waals surface area (Å²) in [5.74, 6) is 2.10. The van der Waals surface area contributed by atoms with Crippen molar-refractivity contribution in [2.45, 2.75) is 13.3 Å². The van der Waals surface area contributed by atoms with Gasteiger partial charge < -0.3 is 28.4 Å². The van der Waals surface area contributed by atoms with Gasteiger partial charge in [0.15, 0.2) is 28.7 Å². The second kappa shape index (κ2) is 9.88. The van der Waals surface area contributed by atoms with Crippen molar-refractivity contribution >= 4 is 17.9 Å². The fraction of sp³-hybridized carbons (Fsp3) is 0.304. The SMILES string of the molecule is CCCOc1cc(C=C2N=C(c3cc(OC)c(OC)c(OC)c3)OC2=O)ccc1OC. The van der Waals surface area contributed by atoms with Gasteiger partial charge in [0, 0.05) is 5.56 Å². The van der Waals surface area contributed by atoms with E-state index in [1.54, 1.807) is 37.5 Å². The first-order valence-corrected chi connectivity index (χ1v) is 9.68. The Morgan fingerprint density at radius 3 is 2.16 bits per heavy atom. The van der Waals surface area contributed by atoms with Gasteiger partial charge in [-0.25, -0.2) is 9.79 Å². The predicted molar refractivity (Wildman–Crippen MR) is 115 cm³/mol. The van der Waals surface area contributed by atoms with Gasteiger partial charge in [-0.05, 0) is 42.3 Å². The van der Waals surface area contributed by atoms with E-state index in [9.17, 15) is 4.79 Å². The van der Waals surface area contributed by atoms with Crippen LogP contribution >= 0.6 is 0 Å². The third-order valence-corrected chi connectivity index (χ3v) is 4.48. The standard InChI is InChI=1S/C23H25NO7/c1-6-9-30-18-11-14(7-8-17(18)26-2)10-16-23(25)31-22(24-16)15-12-19(27-3)21(29-5)20(13-15)28-4/h7-8,10-13H,6,9H2,1-5H3. The molecule has 2 aromatic rings. The molecule has 0 bridgehead atoms. The van der Waals surface area contributed by atoms with Crippen LogP contribution in [0.25, 0.3) is 6.08 Å². The summed E-state index contributed by atoms with van der Waals surface area (Å²) in [4.78, 5) is 16.8. The molecule has 0 atom stereocenters. The first-order chi connectivity index (χ1) is 15.0. The van der Waals surface area contributed by atoms with Crippen LogP contribution in [0, 0.1) is 0 Å². The largest absolute Gasteiger partial charge is 0.493 e. The van der Waals surface area contributed by atoms with Gasteiger partial charge in [0.2, 0.25) is 11.6 Å². The zero-order valence-electron chi connectivity index (χ0n) is 18.2. The molecule has 3 rings (SSSR count). The molecule has 1 aliphatic heterocycles. The van der Waals surface area contributed by atoms with Gasteiger partial charge in [0.05, 0.1) is 35.0 Å². The maximum atomic E-state index is 12.4. The lowest BCUT2D eigenvalue weighted by Crippen LogP contribution is -2.07. The van der Waals surface area contributed by atoms with E-state index < -0.39 is 5.97 Å². The molecule has 1 heterocycles. The minimum atomic E-state index is -0.560. The molecule has 0 saturated heterocycles. The van der Waals surface area contributed by atoms with Crippen LogP contribution in [-0.4, -0.2) is 46.9 Å². The molecule has 0 fully saturated rings. The second-order valence-electron chi connectivity index (χ2n) is 6.51. The summed E-state index contributed by atoms with van der Waals surface area (Å²) in [5.41, 5.74) is 1.41. The van der Waals surface area contributed by atoms with Crippen LogP contribution in [0.1, 0.15) is 24.5 Å². The highest BCUT2D eigenvalue weighted by atomic mass is 16.6. The third-order valence-electron chi connectivity index (χ3n) is 4.48. The molecular weight excluding hydrogens is 402 g/mol. The molecule has 31 heavy (non-hydrogen) atoms. The zero-order chi connectivity index (χ0) is 22.4. The molecule has 8 heteroatoms. The third kappa shape index (κ3) is 4.74. The Bertz CT molecular complexity index is 1000. The van der Waals surface area contributed by atoms with Crippen LogP contribution in [0.4, 0.5) is 0 Å². The molecule has 164 valence electrons. The Balaban J connectivity index is 1.96. The molecule has 0 saturated carbocycles. The van der Waals surface area contributed by atoms with Crippen molar-refractivity contribution in [3.8, 4) is 28.7 Å². The Kier molecular flexibility index (Phi) is 7.02. The maximum absolute atomic E-state index is 12.4. The van der Waals surface area contributed by atoms with E-state index in [2.05, 4.69) is 4.99 Å². The quantitative estimate of drug-likeness (QED) is 0.444. The summed E-state index contributed by atoms with van der Waals surface area (Å²) >= 11 is 0. The van der Waals surface area contributed by atoms with Crippen molar-refractivity contribution in [3.63, 3.8) is 0 Å². The Morgan fingerprint density at radius 1 is 0.903 bits per heavy atom.